The second-order valence-electron chi connectivity index (χ2n) is 7.02. The van der Waals surface area contributed by atoms with Crippen molar-refractivity contribution in [3.63, 3.8) is 0 Å². The first kappa shape index (κ1) is 16.5. The van der Waals surface area contributed by atoms with Crippen LogP contribution in [0.5, 0.6) is 0 Å². The van der Waals surface area contributed by atoms with Gasteiger partial charge in [0.05, 0.1) is 29.9 Å². The first-order valence-electron chi connectivity index (χ1n) is 9.00. The number of morpholine rings is 1. The van der Waals surface area contributed by atoms with Gasteiger partial charge in [-0.15, -0.1) is 0 Å². The van der Waals surface area contributed by atoms with Crippen LogP contribution in [0, 0.1) is 6.92 Å². The van der Waals surface area contributed by atoms with E-state index in [1.807, 2.05) is 13.0 Å². The zero-order valence-corrected chi connectivity index (χ0v) is 14.7. The molecule has 1 aliphatic carbocycles. The smallest absolute Gasteiger partial charge is 0.259 e. The highest BCUT2D eigenvalue weighted by Crippen LogP contribution is 2.40. The van der Waals surface area contributed by atoms with Gasteiger partial charge in [-0.25, -0.2) is 4.98 Å². The highest BCUT2D eigenvalue weighted by Gasteiger charge is 2.29. The van der Waals surface area contributed by atoms with Gasteiger partial charge in [-0.3, -0.25) is 9.69 Å². The number of aromatic nitrogens is 2. The van der Waals surface area contributed by atoms with Crippen LogP contribution in [0.1, 0.15) is 47.4 Å². The molecule has 2 aromatic heterocycles. The maximum atomic E-state index is 12.8. The minimum absolute atomic E-state index is 0.0827. The lowest BCUT2D eigenvalue weighted by Crippen LogP contribution is -2.47. The zero-order valence-electron chi connectivity index (χ0n) is 14.7. The van der Waals surface area contributed by atoms with Crippen molar-refractivity contribution in [1.29, 1.82) is 0 Å². The minimum Gasteiger partial charge on any atom is -0.379 e. The first-order chi connectivity index (χ1) is 12.1. The van der Waals surface area contributed by atoms with Crippen LogP contribution >= 0.6 is 0 Å². The molecule has 25 heavy (non-hydrogen) atoms. The number of hydrogen-bond donors (Lipinski definition) is 1. The highest BCUT2D eigenvalue weighted by molar-refractivity contribution is 6.06. The van der Waals surface area contributed by atoms with Gasteiger partial charge >= 0.3 is 0 Å². The number of nitrogens with one attached hydrogen (secondary N) is 1. The van der Waals surface area contributed by atoms with Crippen molar-refractivity contribution in [2.75, 3.05) is 32.8 Å². The van der Waals surface area contributed by atoms with E-state index < -0.39 is 0 Å². The van der Waals surface area contributed by atoms with Crippen molar-refractivity contribution < 1.29 is 14.1 Å². The third kappa shape index (κ3) is 3.39. The minimum atomic E-state index is -0.0827. The molecular formula is C18H24N4O3. The molecule has 134 valence electrons. The summed E-state index contributed by atoms with van der Waals surface area (Å²) in [6.45, 7) is 7.92. The lowest BCUT2D eigenvalue weighted by molar-refractivity contribution is 0.0204. The number of carbonyl (C=O) groups excluding carboxylic acids is 1. The molecule has 1 saturated heterocycles. The molecule has 1 amide bonds. The molecule has 1 unspecified atom stereocenters. The predicted octanol–water partition coefficient (Wildman–Crippen LogP) is 1.86. The average molecular weight is 344 g/mol. The Morgan fingerprint density at radius 1 is 1.40 bits per heavy atom. The summed E-state index contributed by atoms with van der Waals surface area (Å²) in [7, 11) is 0. The maximum Gasteiger partial charge on any atom is 0.259 e. The molecule has 2 aromatic rings. The molecule has 0 aromatic carbocycles. The molecule has 2 fully saturated rings. The molecule has 3 heterocycles. The third-order valence-electron chi connectivity index (χ3n) is 5.10. The number of amides is 1. The van der Waals surface area contributed by atoms with E-state index in [1.54, 1.807) is 0 Å². The Kier molecular flexibility index (Phi) is 4.43. The Balaban J connectivity index is 1.51. The van der Waals surface area contributed by atoms with Crippen LogP contribution in [-0.4, -0.2) is 59.8 Å². The van der Waals surface area contributed by atoms with Gasteiger partial charge in [-0.05, 0) is 32.8 Å². The van der Waals surface area contributed by atoms with E-state index >= 15 is 0 Å². The molecule has 1 saturated carbocycles. The van der Waals surface area contributed by atoms with E-state index in [0.717, 1.165) is 50.2 Å². The summed E-state index contributed by atoms with van der Waals surface area (Å²) >= 11 is 0. The summed E-state index contributed by atoms with van der Waals surface area (Å²) in [5.74, 6) is 0.370. The average Bonchev–Trinajstić information content (AvgIpc) is 3.43. The Hall–Kier alpha value is -1.99. The monoisotopic (exact) mass is 344 g/mol. The molecule has 0 radical (unpaired) electrons. The molecule has 1 aliphatic heterocycles. The van der Waals surface area contributed by atoms with E-state index in [9.17, 15) is 4.79 Å². The van der Waals surface area contributed by atoms with Gasteiger partial charge in [0.2, 0.25) is 0 Å². The summed E-state index contributed by atoms with van der Waals surface area (Å²) in [5, 5.41) is 7.78. The van der Waals surface area contributed by atoms with Crippen molar-refractivity contribution in [3.8, 4) is 0 Å². The Bertz CT molecular complexity index is 778. The van der Waals surface area contributed by atoms with Crippen LogP contribution in [0.2, 0.25) is 0 Å². The summed E-state index contributed by atoms with van der Waals surface area (Å²) in [4.78, 5) is 19.7. The summed E-state index contributed by atoms with van der Waals surface area (Å²) in [5.41, 5.74) is 2.74. The lowest BCUT2D eigenvalue weighted by Gasteiger charge is -2.32. The fourth-order valence-corrected chi connectivity index (χ4v) is 3.36. The molecule has 1 N–H and O–H groups in total. The summed E-state index contributed by atoms with van der Waals surface area (Å²) in [6, 6.07) is 2.19. The molecule has 1 atom stereocenters. The molecular weight excluding hydrogens is 320 g/mol. The van der Waals surface area contributed by atoms with Crippen molar-refractivity contribution in [2.45, 2.75) is 38.6 Å². The normalized spacial score (nSPS) is 19.9. The molecule has 7 heteroatoms. The lowest BCUT2D eigenvalue weighted by atomic mass is 10.1. The van der Waals surface area contributed by atoms with Gasteiger partial charge in [0.15, 0.2) is 0 Å². The molecule has 7 nitrogen and oxygen atoms in total. The first-order valence-corrected chi connectivity index (χ1v) is 9.00. The topological polar surface area (TPSA) is 80.5 Å². The fourth-order valence-electron chi connectivity index (χ4n) is 3.36. The van der Waals surface area contributed by atoms with Crippen molar-refractivity contribution >= 4 is 17.0 Å². The van der Waals surface area contributed by atoms with Crippen LogP contribution in [-0.2, 0) is 4.74 Å². The quantitative estimate of drug-likeness (QED) is 0.892. The summed E-state index contributed by atoms with van der Waals surface area (Å²) < 4.78 is 10.7. The SMILES string of the molecule is Cc1noc2nc(C3CC3)cc(C(=O)NCC(C)N3CCOCC3)c12. The standard InChI is InChI=1S/C18H24N4O3/c1-11(22-5-7-24-8-6-22)10-19-17(23)14-9-15(13-3-4-13)20-18-16(14)12(2)21-25-18/h9,11,13H,3-8,10H2,1-2H3,(H,19,23). The van der Waals surface area contributed by atoms with Gasteiger partial charge in [0, 0.05) is 37.3 Å². The van der Waals surface area contributed by atoms with Crippen LogP contribution in [0.4, 0.5) is 0 Å². The highest BCUT2D eigenvalue weighted by atomic mass is 16.5. The van der Waals surface area contributed by atoms with E-state index in [-0.39, 0.29) is 11.9 Å². The molecule has 0 spiro atoms. The Morgan fingerprint density at radius 3 is 2.88 bits per heavy atom. The van der Waals surface area contributed by atoms with Gasteiger partial charge in [-0.1, -0.05) is 5.16 Å². The van der Waals surface area contributed by atoms with E-state index in [4.69, 9.17) is 9.26 Å². The van der Waals surface area contributed by atoms with Crippen molar-refractivity contribution in [1.82, 2.24) is 20.4 Å². The molecule has 4 rings (SSSR count). The second-order valence-corrected chi connectivity index (χ2v) is 7.02. The van der Waals surface area contributed by atoms with Crippen LogP contribution in [0.15, 0.2) is 10.6 Å². The van der Waals surface area contributed by atoms with Crippen LogP contribution in [0.25, 0.3) is 11.1 Å². The van der Waals surface area contributed by atoms with Gasteiger partial charge in [-0.2, -0.15) is 0 Å². The van der Waals surface area contributed by atoms with Crippen LogP contribution in [0.3, 0.4) is 0 Å². The van der Waals surface area contributed by atoms with E-state index in [2.05, 4.69) is 27.3 Å². The Morgan fingerprint density at radius 2 is 2.16 bits per heavy atom. The number of nitrogens with zero attached hydrogens (tertiary/aromatic N) is 3. The van der Waals surface area contributed by atoms with Gasteiger partial charge in [0.1, 0.15) is 0 Å². The van der Waals surface area contributed by atoms with Gasteiger partial charge in [0.25, 0.3) is 11.6 Å². The number of pyridine rings is 1. The number of rotatable bonds is 5. The largest absolute Gasteiger partial charge is 0.379 e. The fraction of sp³-hybridized carbons (Fsp3) is 0.611. The number of fused-ring (bicyclic) bond motifs is 1. The Labute approximate surface area is 146 Å². The maximum absolute atomic E-state index is 12.8. The number of ether oxygens (including phenoxy) is 1. The zero-order chi connectivity index (χ0) is 17.4. The third-order valence-corrected chi connectivity index (χ3v) is 5.10. The van der Waals surface area contributed by atoms with Crippen LogP contribution < -0.4 is 5.32 Å². The second kappa shape index (κ2) is 6.72. The van der Waals surface area contributed by atoms with Crippen molar-refractivity contribution in [3.05, 3.63) is 23.0 Å². The number of aryl methyl sites for hydroxylation is 1. The number of carbonyl (C=O) groups is 1. The predicted molar refractivity (Wildman–Crippen MR) is 92.7 cm³/mol. The van der Waals surface area contributed by atoms with E-state index in [0.29, 0.717) is 29.4 Å². The summed E-state index contributed by atoms with van der Waals surface area (Å²) in [6.07, 6.45) is 2.25. The number of hydrogen-bond acceptors (Lipinski definition) is 6. The molecule has 0 bridgehead atoms. The van der Waals surface area contributed by atoms with E-state index in [1.165, 1.54) is 0 Å². The van der Waals surface area contributed by atoms with Crippen molar-refractivity contribution in [2.24, 2.45) is 0 Å². The van der Waals surface area contributed by atoms with Gasteiger partial charge < -0.3 is 14.6 Å². The molecule has 2 aliphatic rings.